The molecule has 0 saturated carbocycles. The van der Waals surface area contributed by atoms with Crippen LogP contribution in [0.4, 0.5) is 0 Å². The summed E-state index contributed by atoms with van der Waals surface area (Å²) in [6.07, 6.45) is 4.65. The number of nitrogens with two attached hydrogens (primary N) is 1. The standard InChI is InChI=1S/C15H32N2OS/c1-12(11-19-6)17(5)14(18)8-7-13(9-10-16)15(2,3)4/h12-13H,7-11,16H2,1-6H3. The van der Waals surface area contributed by atoms with Gasteiger partial charge < -0.3 is 10.6 Å². The van der Waals surface area contributed by atoms with Crippen LogP contribution in [0.15, 0.2) is 0 Å². The summed E-state index contributed by atoms with van der Waals surface area (Å²) in [5.41, 5.74) is 5.91. The fourth-order valence-corrected chi connectivity index (χ4v) is 2.99. The normalized spacial score (nSPS) is 15.1. The Kier molecular flexibility index (Phi) is 8.75. The third kappa shape index (κ3) is 7.21. The molecule has 114 valence electrons. The molecule has 2 N–H and O–H groups in total. The molecule has 2 unspecified atom stereocenters. The number of nitrogens with zero attached hydrogens (tertiary/aromatic N) is 1. The van der Waals surface area contributed by atoms with Crippen molar-refractivity contribution in [2.24, 2.45) is 17.1 Å². The number of amides is 1. The molecule has 0 aromatic carbocycles. The largest absolute Gasteiger partial charge is 0.342 e. The molecule has 0 saturated heterocycles. The first-order valence-electron chi connectivity index (χ1n) is 7.18. The second-order valence-corrected chi connectivity index (χ2v) is 7.40. The van der Waals surface area contributed by atoms with Gasteiger partial charge in [0.1, 0.15) is 0 Å². The maximum absolute atomic E-state index is 12.2. The zero-order valence-electron chi connectivity index (χ0n) is 13.5. The van der Waals surface area contributed by atoms with E-state index in [0.717, 1.165) is 18.6 Å². The molecular weight excluding hydrogens is 256 g/mol. The molecule has 2 atom stereocenters. The predicted octanol–water partition coefficient (Wildman–Crippen LogP) is 2.99. The highest BCUT2D eigenvalue weighted by molar-refractivity contribution is 7.98. The van der Waals surface area contributed by atoms with E-state index in [9.17, 15) is 4.79 Å². The molecule has 0 aliphatic carbocycles. The van der Waals surface area contributed by atoms with Gasteiger partial charge in [-0.25, -0.2) is 0 Å². The first-order valence-corrected chi connectivity index (χ1v) is 8.58. The molecule has 0 aromatic heterocycles. The van der Waals surface area contributed by atoms with Crippen molar-refractivity contribution in [3.63, 3.8) is 0 Å². The average Bonchev–Trinajstić information content (AvgIpc) is 2.31. The second kappa shape index (κ2) is 8.85. The maximum Gasteiger partial charge on any atom is 0.222 e. The van der Waals surface area contributed by atoms with Crippen molar-refractivity contribution in [3.8, 4) is 0 Å². The molecule has 0 radical (unpaired) electrons. The summed E-state index contributed by atoms with van der Waals surface area (Å²) in [6.45, 7) is 9.51. The van der Waals surface area contributed by atoms with Gasteiger partial charge in [-0.2, -0.15) is 11.8 Å². The van der Waals surface area contributed by atoms with Crippen molar-refractivity contribution in [2.45, 2.75) is 53.0 Å². The highest BCUT2D eigenvalue weighted by Crippen LogP contribution is 2.32. The molecule has 3 nitrogen and oxygen atoms in total. The van der Waals surface area contributed by atoms with E-state index in [1.807, 2.05) is 11.9 Å². The van der Waals surface area contributed by atoms with E-state index in [1.165, 1.54) is 0 Å². The molecule has 19 heavy (non-hydrogen) atoms. The van der Waals surface area contributed by atoms with E-state index in [1.54, 1.807) is 11.8 Å². The summed E-state index contributed by atoms with van der Waals surface area (Å²) >= 11 is 1.78. The Bertz CT molecular complexity index is 263. The second-order valence-electron chi connectivity index (χ2n) is 6.49. The fraction of sp³-hybridized carbons (Fsp3) is 0.933. The Hall–Kier alpha value is -0.220. The lowest BCUT2D eigenvalue weighted by molar-refractivity contribution is -0.131. The topological polar surface area (TPSA) is 46.3 Å². The maximum atomic E-state index is 12.2. The minimum Gasteiger partial charge on any atom is -0.342 e. The monoisotopic (exact) mass is 288 g/mol. The van der Waals surface area contributed by atoms with Crippen LogP contribution >= 0.6 is 11.8 Å². The van der Waals surface area contributed by atoms with Gasteiger partial charge in [-0.05, 0) is 43.9 Å². The lowest BCUT2D eigenvalue weighted by Crippen LogP contribution is -2.37. The smallest absolute Gasteiger partial charge is 0.222 e. The number of rotatable bonds is 8. The number of hydrogen-bond acceptors (Lipinski definition) is 3. The van der Waals surface area contributed by atoms with Gasteiger partial charge in [-0.3, -0.25) is 4.79 Å². The van der Waals surface area contributed by atoms with Crippen molar-refractivity contribution in [2.75, 3.05) is 25.6 Å². The van der Waals surface area contributed by atoms with Crippen molar-refractivity contribution in [1.82, 2.24) is 4.90 Å². The van der Waals surface area contributed by atoms with Crippen LogP contribution in [0.1, 0.15) is 47.0 Å². The van der Waals surface area contributed by atoms with Crippen LogP contribution in [0.5, 0.6) is 0 Å². The van der Waals surface area contributed by atoms with Gasteiger partial charge in [0.05, 0.1) is 0 Å². The van der Waals surface area contributed by atoms with Gasteiger partial charge in [0.2, 0.25) is 5.91 Å². The predicted molar refractivity (Wildman–Crippen MR) is 86.5 cm³/mol. The third-order valence-corrected chi connectivity index (χ3v) is 4.72. The average molecular weight is 289 g/mol. The number of carbonyl (C=O) groups is 1. The van der Waals surface area contributed by atoms with Crippen molar-refractivity contribution < 1.29 is 4.79 Å². The van der Waals surface area contributed by atoms with E-state index in [-0.39, 0.29) is 11.3 Å². The molecule has 0 aliphatic heterocycles. The Labute approximate surface area is 123 Å². The van der Waals surface area contributed by atoms with Gasteiger partial charge in [0.25, 0.3) is 0 Å². The Morgan fingerprint density at radius 2 is 1.89 bits per heavy atom. The van der Waals surface area contributed by atoms with Gasteiger partial charge >= 0.3 is 0 Å². The van der Waals surface area contributed by atoms with Crippen LogP contribution < -0.4 is 5.73 Å². The highest BCUT2D eigenvalue weighted by Gasteiger charge is 2.25. The Morgan fingerprint density at radius 3 is 2.32 bits per heavy atom. The highest BCUT2D eigenvalue weighted by atomic mass is 32.2. The Balaban J connectivity index is 4.32. The first-order chi connectivity index (χ1) is 8.73. The van der Waals surface area contributed by atoms with Gasteiger partial charge in [0, 0.05) is 25.3 Å². The zero-order valence-corrected chi connectivity index (χ0v) is 14.3. The summed E-state index contributed by atoms with van der Waals surface area (Å²) in [5, 5.41) is 0. The molecular formula is C15H32N2OS. The van der Waals surface area contributed by atoms with Gasteiger partial charge in [0.15, 0.2) is 0 Å². The SMILES string of the molecule is CSCC(C)N(C)C(=O)CCC(CCN)C(C)(C)C. The van der Waals surface area contributed by atoms with E-state index in [4.69, 9.17) is 5.73 Å². The van der Waals surface area contributed by atoms with Crippen molar-refractivity contribution in [1.29, 1.82) is 0 Å². The third-order valence-electron chi connectivity index (χ3n) is 3.91. The summed E-state index contributed by atoms with van der Waals surface area (Å²) < 4.78 is 0. The van der Waals surface area contributed by atoms with Crippen LogP contribution in [0.2, 0.25) is 0 Å². The molecule has 0 spiro atoms. The van der Waals surface area contributed by atoms with E-state index < -0.39 is 0 Å². The van der Waals surface area contributed by atoms with Crippen molar-refractivity contribution >= 4 is 17.7 Å². The molecule has 0 heterocycles. The molecule has 1 amide bonds. The summed E-state index contributed by atoms with van der Waals surface area (Å²) in [6, 6.07) is 0.310. The van der Waals surface area contributed by atoms with E-state index in [0.29, 0.717) is 24.9 Å². The number of thioether (sulfide) groups is 1. The van der Waals surface area contributed by atoms with Crippen LogP contribution in [-0.4, -0.2) is 42.4 Å². The number of hydrogen-bond donors (Lipinski definition) is 1. The fourth-order valence-electron chi connectivity index (χ4n) is 2.28. The summed E-state index contributed by atoms with van der Waals surface area (Å²) in [4.78, 5) is 14.1. The lowest BCUT2D eigenvalue weighted by Gasteiger charge is -2.31. The Morgan fingerprint density at radius 1 is 1.32 bits per heavy atom. The molecule has 0 aliphatic rings. The molecule has 0 bridgehead atoms. The number of carbonyl (C=O) groups excluding carboxylic acids is 1. The minimum absolute atomic E-state index is 0.225. The first kappa shape index (κ1) is 18.8. The molecule has 4 heteroatoms. The minimum atomic E-state index is 0.225. The van der Waals surface area contributed by atoms with E-state index in [2.05, 4.69) is 34.0 Å². The van der Waals surface area contributed by atoms with Crippen LogP contribution in [0.25, 0.3) is 0 Å². The molecule has 0 rings (SSSR count). The van der Waals surface area contributed by atoms with Crippen molar-refractivity contribution in [3.05, 3.63) is 0 Å². The van der Waals surface area contributed by atoms with Gasteiger partial charge in [-0.15, -0.1) is 0 Å². The molecule has 0 aromatic rings. The van der Waals surface area contributed by atoms with Crippen LogP contribution in [0.3, 0.4) is 0 Å². The van der Waals surface area contributed by atoms with E-state index >= 15 is 0 Å². The molecule has 0 fully saturated rings. The summed E-state index contributed by atoms with van der Waals surface area (Å²) in [5.74, 6) is 1.77. The summed E-state index contributed by atoms with van der Waals surface area (Å²) in [7, 11) is 1.91. The van der Waals surface area contributed by atoms with Crippen LogP contribution in [-0.2, 0) is 4.79 Å². The zero-order chi connectivity index (χ0) is 15.1. The van der Waals surface area contributed by atoms with Crippen LogP contribution in [0, 0.1) is 11.3 Å². The quantitative estimate of drug-likeness (QED) is 0.747. The van der Waals surface area contributed by atoms with Gasteiger partial charge in [-0.1, -0.05) is 20.8 Å². The lowest BCUT2D eigenvalue weighted by atomic mass is 9.76.